The number of benzene rings is 1. The van der Waals surface area contributed by atoms with Crippen LogP contribution in [0.4, 0.5) is 0 Å². The molecule has 0 fully saturated rings. The van der Waals surface area contributed by atoms with Gasteiger partial charge in [0, 0.05) is 20.6 Å². The Kier molecular flexibility index (Phi) is 4.87. The number of carbonyl (C=O) groups is 1. The molecule has 0 bridgehead atoms. The number of hydrogen-bond acceptors (Lipinski definition) is 4. The summed E-state index contributed by atoms with van der Waals surface area (Å²) in [5.74, 6) is 0. The quantitative estimate of drug-likeness (QED) is 0.568. The van der Waals surface area contributed by atoms with E-state index in [0.29, 0.717) is 0 Å². The van der Waals surface area contributed by atoms with Crippen molar-refractivity contribution in [3.05, 3.63) is 35.9 Å². The van der Waals surface area contributed by atoms with Crippen LogP contribution in [-0.4, -0.2) is 20.5 Å². The fraction of sp³-hybridized carbons (Fsp3) is 0.364. The summed E-state index contributed by atoms with van der Waals surface area (Å²) in [7, 11) is -0.612. The Balaban J connectivity index is 3.09. The van der Waals surface area contributed by atoms with E-state index in [1.54, 1.807) is 12.1 Å². The molecule has 1 atom stereocenters. The zero-order chi connectivity index (χ0) is 12.0. The van der Waals surface area contributed by atoms with Crippen LogP contribution in [0.25, 0.3) is 0 Å². The maximum atomic E-state index is 12.2. The Morgan fingerprint density at radius 1 is 1.25 bits per heavy atom. The van der Waals surface area contributed by atoms with E-state index in [0.717, 1.165) is 11.8 Å². The average Bonchev–Trinajstić information content (AvgIpc) is 2.36. The molecular formula is C11H15O4P. The summed E-state index contributed by atoms with van der Waals surface area (Å²) in [6.45, 7) is 0. The standard InChI is InChI=1S/C11H15O4P/c1-14-16(13,15-2)11(8-9-12)10-6-4-3-5-7-10/h3-7,9,11H,8H2,1-2H3. The minimum absolute atomic E-state index is 0.114. The first-order valence-electron chi connectivity index (χ1n) is 4.87. The molecule has 5 heteroatoms. The molecule has 1 unspecified atom stereocenters. The van der Waals surface area contributed by atoms with Crippen LogP contribution in [0.5, 0.6) is 0 Å². The lowest BCUT2D eigenvalue weighted by Gasteiger charge is -2.22. The first-order valence-corrected chi connectivity index (χ1v) is 6.49. The van der Waals surface area contributed by atoms with Crippen LogP contribution in [0.2, 0.25) is 0 Å². The number of hydrogen-bond donors (Lipinski definition) is 0. The van der Waals surface area contributed by atoms with Crippen LogP contribution >= 0.6 is 7.60 Å². The van der Waals surface area contributed by atoms with Gasteiger partial charge in [-0.3, -0.25) is 4.57 Å². The lowest BCUT2D eigenvalue weighted by molar-refractivity contribution is -0.108. The van der Waals surface area contributed by atoms with Gasteiger partial charge in [-0.1, -0.05) is 30.3 Å². The summed E-state index contributed by atoms with van der Waals surface area (Å²) in [5, 5.41) is 0. The first-order chi connectivity index (χ1) is 7.68. The van der Waals surface area contributed by atoms with Crippen LogP contribution in [-0.2, 0) is 18.4 Å². The maximum Gasteiger partial charge on any atom is 0.337 e. The highest BCUT2D eigenvalue weighted by molar-refractivity contribution is 7.54. The maximum absolute atomic E-state index is 12.2. The zero-order valence-corrected chi connectivity index (χ0v) is 10.2. The van der Waals surface area contributed by atoms with Gasteiger partial charge in [0.2, 0.25) is 0 Å². The molecule has 0 aliphatic heterocycles. The van der Waals surface area contributed by atoms with Crippen molar-refractivity contribution in [1.29, 1.82) is 0 Å². The van der Waals surface area contributed by atoms with E-state index in [4.69, 9.17) is 9.05 Å². The molecule has 88 valence electrons. The van der Waals surface area contributed by atoms with E-state index >= 15 is 0 Å². The predicted octanol–water partition coefficient (Wildman–Crippen LogP) is 2.80. The Morgan fingerprint density at radius 2 is 1.81 bits per heavy atom. The van der Waals surface area contributed by atoms with Gasteiger partial charge in [0.05, 0.1) is 5.66 Å². The van der Waals surface area contributed by atoms with Crippen LogP contribution in [0.15, 0.2) is 30.3 Å². The molecule has 0 aromatic heterocycles. The number of rotatable bonds is 6. The van der Waals surface area contributed by atoms with Crippen molar-refractivity contribution >= 4 is 13.9 Å². The van der Waals surface area contributed by atoms with Gasteiger partial charge in [0.15, 0.2) is 0 Å². The van der Waals surface area contributed by atoms with Crippen molar-refractivity contribution in [3.63, 3.8) is 0 Å². The molecule has 0 saturated heterocycles. The van der Waals surface area contributed by atoms with Gasteiger partial charge in [-0.05, 0) is 5.56 Å². The smallest absolute Gasteiger partial charge is 0.312 e. The van der Waals surface area contributed by atoms with Gasteiger partial charge in [-0.15, -0.1) is 0 Å². The van der Waals surface area contributed by atoms with Crippen molar-refractivity contribution < 1.29 is 18.4 Å². The highest BCUT2D eigenvalue weighted by atomic mass is 31.2. The minimum Gasteiger partial charge on any atom is -0.312 e. The van der Waals surface area contributed by atoms with Crippen molar-refractivity contribution in [2.24, 2.45) is 0 Å². The van der Waals surface area contributed by atoms with E-state index in [1.807, 2.05) is 18.2 Å². The van der Waals surface area contributed by atoms with Crippen LogP contribution in [0.3, 0.4) is 0 Å². The SMILES string of the molecule is COP(=O)(OC)C(CC=O)c1ccccc1. The molecule has 1 aromatic carbocycles. The van der Waals surface area contributed by atoms with Gasteiger partial charge < -0.3 is 13.8 Å². The molecule has 0 amide bonds. The Bertz CT molecular complexity index is 369. The van der Waals surface area contributed by atoms with E-state index in [9.17, 15) is 9.36 Å². The largest absolute Gasteiger partial charge is 0.337 e. The fourth-order valence-electron chi connectivity index (χ4n) is 1.54. The highest BCUT2D eigenvalue weighted by Gasteiger charge is 2.34. The fourth-order valence-corrected chi connectivity index (χ4v) is 3.08. The van der Waals surface area contributed by atoms with E-state index in [1.165, 1.54) is 14.2 Å². The van der Waals surface area contributed by atoms with E-state index < -0.39 is 13.3 Å². The third-order valence-corrected chi connectivity index (χ3v) is 4.68. The summed E-state index contributed by atoms with van der Waals surface area (Å²) in [6.07, 6.45) is 0.839. The molecule has 1 aromatic rings. The molecule has 0 radical (unpaired) electrons. The molecule has 0 aliphatic carbocycles. The Hall–Kier alpha value is -0.960. The molecule has 0 spiro atoms. The highest BCUT2D eigenvalue weighted by Crippen LogP contribution is 2.60. The average molecular weight is 242 g/mol. The van der Waals surface area contributed by atoms with Crippen molar-refractivity contribution in [2.45, 2.75) is 12.1 Å². The van der Waals surface area contributed by atoms with Crippen LogP contribution in [0.1, 0.15) is 17.6 Å². The second-order valence-corrected chi connectivity index (χ2v) is 5.67. The zero-order valence-electron chi connectivity index (χ0n) is 9.33. The summed E-state index contributed by atoms with van der Waals surface area (Å²) in [5.41, 5.74) is 0.239. The topological polar surface area (TPSA) is 52.6 Å². The van der Waals surface area contributed by atoms with E-state index in [-0.39, 0.29) is 6.42 Å². The summed E-state index contributed by atoms with van der Waals surface area (Å²) < 4.78 is 22.1. The van der Waals surface area contributed by atoms with Gasteiger partial charge in [-0.2, -0.15) is 0 Å². The third-order valence-electron chi connectivity index (χ3n) is 2.39. The van der Waals surface area contributed by atoms with Crippen LogP contribution in [0, 0.1) is 0 Å². The molecule has 0 N–H and O–H groups in total. The summed E-state index contributed by atoms with van der Waals surface area (Å²) >= 11 is 0. The van der Waals surface area contributed by atoms with Crippen molar-refractivity contribution in [1.82, 2.24) is 0 Å². The molecule has 0 saturated carbocycles. The third kappa shape index (κ3) is 2.79. The first kappa shape index (κ1) is 13.1. The van der Waals surface area contributed by atoms with Crippen molar-refractivity contribution in [3.8, 4) is 0 Å². The molecule has 0 aliphatic rings. The lowest BCUT2D eigenvalue weighted by atomic mass is 10.1. The van der Waals surface area contributed by atoms with E-state index in [2.05, 4.69) is 0 Å². The second kappa shape index (κ2) is 5.94. The summed E-state index contributed by atoms with van der Waals surface area (Å²) in [4.78, 5) is 10.6. The molecular weight excluding hydrogens is 227 g/mol. The predicted molar refractivity (Wildman–Crippen MR) is 61.5 cm³/mol. The summed E-state index contributed by atoms with van der Waals surface area (Å²) in [6, 6.07) is 9.11. The van der Waals surface area contributed by atoms with Crippen molar-refractivity contribution in [2.75, 3.05) is 14.2 Å². The van der Waals surface area contributed by atoms with Gasteiger partial charge in [0.25, 0.3) is 0 Å². The Labute approximate surface area is 95.1 Å². The number of aldehydes is 1. The monoisotopic (exact) mass is 242 g/mol. The number of carbonyl (C=O) groups excluding carboxylic acids is 1. The van der Waals surface area contributed by atoms with Gasteiger partial charge >= 0.3 is 7.60 Å². The minimum atomic E-state index is -3.26. The molecule has 4 nitrogen and oxygen atoms in total. The van der Waals surface area contributed by atoms with Gasteiger partial charge in [-0.25, -0.2) is 0 Å². The lowest BCUT2D eigenvalue weighted by Crippen LogP contribution is -2.04. The van der Waals surface area contributed by atoms with Crippen LogP contribution < -0.4 is 0 Å². The molecule has 1 rings (SSSR count). The second-order valence-electron chi connectivity index (χ2n) is 3.23. The van der Waals surface area contributed by atoms with Gasteiger partial charge in [0.1, 0.15) is 6.29 Å². The Morgan fingerprint density at radius 3 is 2.25 bits per heavy atom. The normalized spacial score (nSPS) is 13.4. The molecule has 16 heavy (non-hydrogen) atoms. The molecule has 0 heterocycles.